The highest BCUT2D eigenvalue weighted by Gasteiger charge is 2.28. The van der Waals surface area contributed by atoms with E-state index in [1.165, 1.54) is 6.07 Å². The molecule has 0 saturated heterocycles. The molecule has 154 valence electrons. The van der Waals surface area contributed by atoms with Crippen LogP contribution in [0, 0.1) is 6.92 Å². The van der Waals surface area contributed by atoms with E-state index in [2.05, 4.69) is 16.3 Å². The lowest BCUT2D eigenvalue weighted by Crippen LogP contribution is -2.11. The van der Waals surface area contributed by atoms with Crippen molar-refractivity contribution in [3.8, 4) is 17.4 Å². The van der Waals surface area contributed by atoms with Crippen molar-refractivity contribution >= 4 is 28.3 Å². The smallest absolute Gasteiger partial charge is 0.344 e. The summed E-state index contributed by atoms with van der Waals surface area (Å²) in [4.78, 5) is 13.0. The molecular weight excluding hydrogens is 412 g/mol. The van der Waals surface area contributed by atoms with E-state index in [1.54, 1.807) is 6.07 Å². The Labute approximate surface area is 184 Å². The fourth-order valence-electron chi connectivity index (χ4n) is 3.67. The molecule has 1 saturated carbocycles. The van der Waals surface area contributed by atoms with E-state index >= 15 is 0 Å². The third-order valence-electron chi connectivity index (χ3n) is 5.37. The molecule has 3 aromatic carbocycles. The zero-order chi connectivity index (χ0) is 21.4. The molecule has 4 aromatic rings. The molecule has 0 aliphatic heterocycles. The molecule has 0 atom stereocenters. The van der Waals surface area contributed by atoms with Gasteiger partial charge in [0.25, 0.3) is 5.88 Å². The summed E-state index contributed by atoms with van der Waals surface area (Å²) in [6.45, 7) is 1.98. The minimum absolute atomic E-state index is 0.106. The average molecular weight is 431 g/mol. The van der Waals surface area contributed by atoms with Crippen LogP contribution in [0.15, 0.2) is 66.7 Å². The van der Waals surface area contributed by atoms with Gasteiger partial charge in [-0.25, -0.2) is 4.79 Å². The van der Waals surface area contributed by atoms with E-state index in [4.69, 9.17) is 21.1 Å². The number of esters is 1. The maximum absolute atomic E-state index is 13.0. The number of ether oxygens (including phenoxy) is 2. The lowest BCUT2D eigenvalue weighted by Gasteiger charge is -2.15. The molecule has 1 aliphatic carbocycles. The molecule has 0 N–H and O–H groups in total. The number of rotatable bonds is 5. The number of aromatic nitrogens is 2. The fourth-order valence-corrected chi connectivity index (χ4v) is 3.81. The molecule has 0 bridgehead atoms. The van der Waals surface area contributed by atoms with E-state index in [-0.39, 0.29) is 16.8 Å². The molecule has 5 nitrogen and oxygen atoms in total. The van der Waals surface area contributed by atoms with Crippen molar-refractivity contribution in [2.45, 2.75) is 25.7 Å². The van der Waals surface area contributed by atoms with Gasteiger partial charge in [0.1, 0.15) is 5.75 Å². The predicted molar refractivity (Wildman–Crippen MR) is 119 cm³/mol. The first-order valence-corrected chi connectivity index (χ1v) is 10.5. The van der Waals surface area contributed by atoms with E-state index in [0.29, 0.717) is 11.5 Å². The Balaban J connectivity index is 1.50. The third kappa shape index (κ3) is 3.97. The molecule has 6 heteroatoms. The predicted octanol–water partition coefficient (Wildman–Crippen LogP) is 6.48. The number of halogens is 1. The Morgan fingerprint density at radius 2 is 1.77 bits per heavy atom. The molecule has 1 fully saturated rings. The Morgan fingerprint density at radius 3 is 2.61 bits per heavy atom. The van der Waals surface area contributed by atoms with Crippen molar-refractivity contribution in [3.63, 3.8) is 0 Å². The number of benzene rings is 3. The van der Waals surface area contributed by atoms with Crippen molar-refractivity contribution in [1.29, 1.82) is 0 Å². The van der Waals surface area contributed by atoms with Gasteiger partial charge >= 0.3 is 5.97 Å². The second-order valence-electron chi connectivity index (χ2n) is 7.62. The molecule has 0 spiro atoms. The van der Waals surface area contributed by atoms with Crippen molar-refractivity contribution in [2.75, 3.05) is 0 Å². The quantitative estimate of drug-likeness (QED) is 0.339. The van der Waals surface area contributed by atoms with Crippen molar-refractivity contribution < 1.29 is 14.3 Å². The fraction of sp³-hybridized carbons (Fsp3) is 0.160. The highest BCUT2D eigenvalue weighted by atomic mass is 35.5. The summed E-state index contributed by atoms with van der Waals surface area (Å²) in [6, 6.07) is 20.6. The summed E-state index contributed by atoms with van der Waals surface area (Å²) in [5, 5.41) is 9.82. The van der Waals surface area contributed by atoms with Crippen molar-refractivity contribution in [3.05, 3.63) is 88.6 Å². The molecule has 0 unspecified atom stereocenters. The van der Waals surface area contributed by atoms with Crippen molar-refractivity contribution in [2.24, 2.45) is 0 Å². The van der Waals surface area contributed by atoms with E-state index in [9.17, 15) is 4.79 Å². The first-order chi connectivity index (χ1) is 15.1. The molecule has 1 heterocycles. The summed E-state index contributed by atoms with van der Waals surface area (Å²) in [7, 11) is 0. The summed E-state index contributed by atoms with van der Waals surface area (Å²) in [5.74, 6) is 0.927. The number of aryl methyl sites for hydroxylation is 1. The van der Waals surface area contributed by atoms with Gasteiger partial charge in [-0.1, -0.05) is 66.2 Å². The standard InChI is InChI=1S/C25H19ClN2O3/c1-15-6-4-10-19(17-12-13-17)23(15)31-24-21(14-22(26)27-28-24)30-25(29)20-11-5-8-16-7-2-3-9-18(16)20/h2-11,14,17H,12-13H2,1H3. The van der Waals surface area contributed by atoms with Crippen LogP contribution < -0.4 is 9.47 Å². The largest absolute Gasteiger partial charge is 0.434 e. The highest BCUT2D eigenvalue weighted by Crippen LogP contribution is 2.47. The van der Waals surface area contributed by atoms with E-state index in [0.717, 1.165) is 40.5 Å². The second kappa shape index (κ2) is 8.00. The van der Waals surface area contributed by atoms with Crippen LogP contribution in [0.3, 0.4) is 0 Å². The SMILES string of the molecule is Cc1cccc(C2CC2)c1Oc1nnc(Cl)cc1OC(=O)c1cccc2ccccc12. The summed E-state index contributed by atoms with van der Waals surface area (Å²) < 4.78 is 11.8. The number of hydrogen-bond donors (Lipinski definition) is 0. The van der Waals surface area contributed by atoms with Gasteiger partial charge in [-0.3, -0.25) is 0 Å². The normalized spacial score (nSPS) is 13.2. The number of nitrogens with zero attached hydrogens (tertiary/aromatic N) is 2. The Hall–Kier alpha value is -3.44. The Morgan fingerprint density at radius 1 is 1.00 bits per heavy atom. The van der Waals surface area contributed by atoms with Crippen LogP contribution in [0.5, 0.6) is 17.4 Å². The zero-order valence-electron chi connectivity index (χ0n) is 16.8. The lowest BCUT2D eigenvalue weighted by atomic mass is 10.0. The topological polar surface area (TPSA) is 61.3 Å². The van der Waals surface area contributed by atoms with Gasteiger partial charge in [0.15, 0.2) is 10.9 Å². The number of hydrogen-bond acceptors (Lipinski definition) is 5. The molecule has 1 aliphatic rings. The third-order valence-corrected chi connectivity index (χ3v) is 5.55. The highest BCUT2D eigenvalue weighted by molar-refractivity contribution is 6.29. The zero-order valence-corrected chi connectivity index (χ0v) is 17.6. The average Bonchev–Trinajstić information content (AvgIpc) is 3.61. The van der Waals surface area contributed by atoms with Gasteiger partial charge in [0, 0.05) is 6.07 Å². The Kier molecular flexibility index (Phi) is 5.04. The van der Waals surface area contributed by atoms with Crippen LogP contribution in [0.2, 0.25) is 5.15 Å². The first-order valence-electron chi connectivity index (χ1n) is 10.1. The summed E-state index contributed by atoms with van der Waals surface area (Å²) >= 11 is 6.05. The minimum Gasteiger partial charge on any atom is -0.434 e. The first kappa shape index (κ1) is 19.5. The van der Waals surface area contributed by atoms with Crippen LogP contribution in [0.25, 0.3) is 10.8 Å². The molecule has 0 amide bonds. The number of para-hydroxylation sites is 1. The molecular formula is C25H19ClN2O3. The summed E-state index contributed by atoms with van der Waals surface area (Å²) in [6.07, 6.45) is 2.27. The monoisotopic (exact) mass is 430 g/mol. The number of carbonyl (C=O) groups excluding carboxylic acids is 1. The van der Waals surface area contributed by atoms with Crippen LogP contribution in [-0.2, 0) is 0 Å². The van der Waals surface area contributed by atoms with E-state index < -0.39 is 5.97 Å². The van der Waals surface area contributed by atoms with Gasteiger partial charge < -0.3 is 9.47 Å². The van der Waals surface area contributed by atoms with Crippen molar-refractivity contribution in [1.82, 2.24) is 10.2 Å². The van der Waals surface area contributed by atoms with Crippen LogP contribution in [-0.4, -0.2) is 16.2 Å². The molecule has 0 radical (unpaired) electrons. The van der Waals surface area contributed by atoms with Crippen LogP contribution >= 0.6 is 11.6 Å². The Bertz CT molecular complexity index is 1300. The van der Waals surface area contributed by atoms with Gasteiger partial charge in [-0.15, -0.1) is 10.2 Å². The number of carbonyl (C=O) groups is 1. The lowest BCUT2D eigenvalue weighted by molar-refractivity contribution is 0.0731. The summed E-state index contributed by atoms with van der Waals surface area (Å²) in [5.41, 5.74) is 2.56. The number of fused-ring (bicyclic) bond motifs is 1. The molecule has 31 heavy (non-hydrogen) atoms. The van der Waals surface area contributed by atoms with Gasteiger partial charge in [-0.2, -0.15) is 0 Å². The van der Waals surface area contributed by atoms with Crippen LogP contribution in [0.4, 0.5) is 0 Å². The van der Waals surface area contributed by atoms with E-state index in [1.807, 2.05) is 55.5 Å². The minimum atomic E-state index is -0.516. The maximum Gasteiger partial charge on any atom is 0.344 e. The van der Waals surface area contributed by atoms with Gasteiger partial charge in [0.2, 0.25) is 0 Å². The molecule has 5 rings (SSSR count). The molecule has 1 aromatic heterocycles. The second-order valence-corrected chi connectivity index (χ2v) is 8.01. The van der Waals surface area contributed by atoms with Gasteiger partial charge in [-0.05, 0) is 53.6 Å². The van der Waals surface area contributed by atoms with Crippen LogP contribution in [0.1, 0.15) is 40.2 Å². The maximum atomic E-state index is 13.0. The van der Waals surface area contributed by atoms with Gasteiger partial charge in [0.05, 0.1) is 5.56 Å².